The lowest BCUT2D eigenvalue weighted by molar-refractivity contribution is -0.151. The summed E-state index contributed by atoms with van der Waals surface area (Å²) in [6.45, 7) is 7.59. The van der Waals surface area contributed by atoms with Crippen LogP contribution in [-0.4, -0.2) is 55.8 Å². The zero-order chi connectivity index (χ0) is 34.5. The molecule has 0 radical (unpaired) electrons. The van der Waals surface area contributed by atoms with E-state index in [4.69, 9.17) is 9.47 Å². The highest BCUT2D eigenvalue weighted by atomic mass is 127. The maximum absolute atomic E-state index is 15.0. The normalized spacial score (nSPS) is 24.7. The summed E-state index contributed by atoms with van der Waals surface area (Å²) in [6, 6.07) is 32.3. The van der Waals surface area contributed by atoms with Crippen LogP contribution in [0.3, 0.4) is 0 Å². The molecule has 0 aliphatic carbocycles. The molecular weight excluding hydrogens is 743 g/mol. The van der Waals surface area contributed by atoms with Crippen LogP contribution in [0.15, 0.2) is 97.1 Å². The molecule has 3 aliphatic rings. The number of fused-ring (bicyclic) bond motifs is 3. The first-order valence-electron chi connectivity index (χ1n) is 17.0. The Bertz CT molecular complexity index is 1880. The minimum Gasteiger partial charge on any atom is -0.497 e. The molecule has 0 aromatic heterocycles. The van der Waals surface area contributed by atoms with E-state index in [2.05, 4.69) is 79.0 Å². The first-order chi connectivity index (χ1) is 23.6. The number of para-hydroxylation sites is 1. The topological polar surface area (TPSA) is 79.3 Å². The number of carbonyl (C=O) groups excluding carboxylic acids is 2. The molecule has 2 amide bonds. The number of benzene rings is 4. The van der Waals surface area contributed by atoms with Gasteiger partial charge >= 0.3 is 0 Å². The molecule has 4 aromatic rings. The molecule has 254 valence electrons. The third-order valence-electron chi connectivity index (χ3n) is 11.2. The Morgan fingerprint density at radius 2 is 1.71 bits per heavy atom. The number of ether oxygens (including phenoxy) is 2. The Balaban J connectivity index is 1.29. The van der Waals surface area contributed by atoms with Gasteiger partial charge in [-0.1, -0.05) is 91.9 Å². The number of nitrogens with zero attached hydrogens (tertiary/aromatic N) is 2. The van der Waals surface area contributed by atoms with Crippen LogP contribution in [0.25, 0.3) is 0 Å². The van der Waals surface area contributed by atoms with Crippen molar-refractivity contribution in [2.75, 3.05) is 18.6 Å². The van der Waals surface area contributed by atoms with E-state index in [0.717, 1.165) is 31.7 Å². The second kappa shape index (κ2) is 13.3. The van der Waals surface area contributed by atoms with Crippen molar-refractivity contribution in [2.45, 2.75) is 69.2 Å². The predicted octanol–water partition coefficient (Wildman–Crippen LogP) is 6.40. The first-order valence-corrected chi connectivity index (χ1v) is 21.2. The highest BCUT2D eigenvalue weighted by Crippen LogP contribution is 2.60. The summed E-state index contributed by atoms with van der Waals surface area (Å²) >= 11 is 2.31. The molecule has 3 aliphatic heterocycles. The number of aliphatic hydroxyl groups excluding tert-OH is 1. The van der Waals surface area contributed by atoms with E-state index in [-0.39, 0.29) is 42.3 Å². The molecule has 49 heavy (non-hydrogen) atoms. The lowest BCUT2D eigenvalue weighted by Crippen LogP contribution is -2.52. The fraction of sp³-hybridized carbons (Fsp3) is 0.350. The monoisotopic (exact) mass is 786 g/mol. The molecule has 3 heterocycles. The number of anilines is 1. The van der Waals surface area contributed by atoms with Crippen LogP contribution in [0.2, 0.25) is 18.6 Å². The van der Waals surface area contributed by atoms with Crippen LogP contribution < -0.4 is 14.8 Å². The second-order valence-corrected chi connectivity index (χ2v) is 20.2. The summed E-state index contributed by atoms with van der Waals surface area (Å²) < 4.78 is 13.8. The molecule has 0 bridgehead atoms. The van der Waals surface area contributed by atoms with Gasteiger partial charge < -0.3 is 24.4 Å². The molecule has 0 saturated carbocycles. The number of amides is 2. The quantitative estimate of drug-likeness (QED) is 0.165. The Labute approximate surface area is 303 Å². The number of hydrogen-bond acceptors (Lipinski definition) is 5. The molecule has 1 N–H and O–H groups in total. The van der Waals surface area contributed by atoms with Gasteiger partial charge in [0, 0.05) is 21.6 Å². The van der Waals surface area contributed by atoms with Crippen molar-refractivity contribution in [1.82, 2.24) is 4.90 Å². The van der Waals surface area contributed by atoms with Crippen LogP contribution in [-0.2, 0) is 39.4 Å². The molecule has 9 heteroatoms. The average molecular weight is 787 g/mol. The van der Waals surface area contributed by atoms with Gasteiger partial charge in [-0.3, -0.25) is 9.59 Å². The third-order valence-corrected chi connectivity index (χ3v) is 16.3. The predicted molar refractivity (Wildman–Crippen MR) is 203 cm³/mol. The summed E-state index contributed by atoms with van der Waals surface area (Å²) in [5.41, 5.74) is 3.77. The van der Waals surface area contributed by atoms with Crippen LogP contribution >= 0.6 is 22.6 Å². The van der Waals surface area contributed by atoms with Crippen LogP contribution in [0, 0.1) is 9.49 Å². The van der Waals surface area contributed by atoms with Crippen molar-refractivity contribution in [2.24, 2.45) is 5.92 Å². The van der Waals surface area contributed by atoms with Crippen molar-refractivity contribution in [1.29, 1.82) is 0 Å². The number of methoxy groups -OCH3 is 1. The molecular formula is C40H43IN2O5Si. The summed E-state index contributed by atoms with van der Waals surface area (Å²) in [5, 5.41) is 11.6. The fourth-order valence-corrected chi connectivity index (χ4v) is 13.4. The van der Waals surface area contributed by atoms with Gasteiger partial charge in [0.2, 0.25) is 5.91 Å². The van der Waals surface area contributed by atoms with Crippen molar-refractivity contribution in [3.63, 3.8) is 0 Å². The SMILES string of the molecule is COc1ccc([Si](C)(C)[C@@H]2[C@@H](CC(=O)N3Cc4ccccc4C[C@H]3CO)O[C@]3(C(=O)N(Cc4cccc(I)c4)c4ccccc43)[C@H]2C)cc1. The Morgan fingerprint density at radius 1 is 1.00 bits per heavy atom. The summed E-state index contributed by atoms with van der Waals surface area (Å²) in [7, 11) is -0.762. The maximum atomic E-state index is 15.0. The van der Waals surface area contributed by atoms with E-state index in [1.165, 1.54) is 10.8 Å². The first kappa shape index (κ1) is 34.0. The minimum atomic E-state index is -2.43. The minimum absolute atomic E-state index is 0.0539. The number of halogens is 1. The molecule has 1 saturated heterocycles. The Hall–Kier alpha value is -3.51. The van der Waals surface area contributed by atoms with Gasteiger partial charge in [-0.25, -0.2) is 0 Å². The maximum Gasteiger partial charge on any atom is 0.264 e. The van der Waals surface area contributed by atoms with Gasteiger partial charge in [0.05, 0.1) is 52.6 Å². The van der Waals surface area contributed by atoms with Crippen LogP contribution in [0.4, 0.5) is 5.69 Å². The van der Waals surface area contributed by atoms with E-state index in [1.54, 1.807) is 7.11 Å². The molecule has 4 aromatic carbocycles. The zero-order valence-corrected chi connectivity index (χ0v) is 31.6. The second-order valence-electron chi connectivity index (χ2n) is 14.2. The lowest BCUT2D eigenvalue weighted by atomic mass is 9.82. The lowest BCUT2D eigenvalue weighted by Gasteiger charge is -2.39. The number of hydrogen-bond donors (Lipinski definition) is 1. The summed E-state index contributed by atoms with van der Waals surface area (Å²) in [4.78, 5) is 33.2. The Kier molecular flexibility index (Phi) is 9.23. The zero-order valence-electron chi connectivity index (χ0n) is 28.4. The van der Waals surface area contributed by atoms with Gasteiger partial charge in [0.25, 0.3) is 5.91 Å². The highest BCUT2D eigenvalue weighted by Gasteiger charge is 2.66. The van der Waals surface area contributed by atoms with Gasteiger partial charge in [-0.2, -0.15) is 0 Å². The van der Waals surface area contributed by atoms with Crippen molar-refractivity contribution in [3.05, 3.63) is 123 Å². The average Bonchev–Trinajstić information content (AvgIpc) is 3.53. The van der Waals surface area contributed by atoms with Crippen molar-refractivity contribution >= 4 is 53.4 Å². The largest absolute Gasteiger partial charge is 0.497 e. The molecule has 7 rings (SSSR count). The van der Waals surface area contributed by atoms with E-state index in [1.807, 2.05) is 70.5 Å². The van der Waals surface area contributed by atoms with E-state index in [9.17, 15) is 9.90 Å². The van der Waals surface area contributed by atoms with Crippen LogP contribution in [0.1, 0.15) is 35.6 Å². The van der Waals surface area contributed by atoms with E-state index >= 15 is 4.79 Å². The highest BCUT2D eigenvalue weighted by molar-refractivity contribution is 14.1. The summed E-state index contributed by atoms with van der Waals surface area (Å²) in [5.74, 6) is 0.458. The number of carbonyl (C=O) groups is 2. The van der Waals surface area contributed by atoms with E-state index in [0.29, 0.717) is 19.5 Å². The van der Waals surface area contributed by atoms with E-state index < -0.39 is 19.8 Å². The van der Waals surface area contributed by atoms with Gasteiger partial charge in [-0.15, -0.1) is 0 Å². The summed E-state index contributed by atoms with van der Waals surface area (Å²) in [6.07, 6.45) is 0.241. The number of aliphatic hydroxyl groups is 1. The van der Waals surface area contributed by atoms with Crippen molar-refractivity contribution in [3.8, 4) is 5.75 Å². The molecule has 0 unspecified atom stereocenters. The molecule has 7 nitrogen and oxygen atoms in total. The smallest absolute Gasteiger partial charge is 0.264 e. The third kappa shape index (κ3) is 5.82. The standard InChI is InChI=1S/C40H43IN2O5Si/c1-26-38(49(3,4)33-18-16-32(47-2)17-19-33)36(22-37(45)42-24-29-12-6-5-11-28(29)21-31(42)25-44)48-40(26)34-14-7-8-15-35(34)43(39(40)46)23-27-10-9-13-30(41)20-27/h5-20,26,31,36,38,44H,21-25H2,1-4H3/t26-,31-,36+,38-,40+/m0/s1. The van der Waals surface area contributed by atoms with Gasteiger partial charge in [-0.05, 0) is 81.6 Å². The molecule has 1 fully saturated rings. The number of rotatable bonds is 8. The Morgan fingerprint density at radius 3 is 2.43 bits per heavy atom. The molecule has 5 atom stereocenters. The van der Waals surface area contributed by atoms with Gasteiger partial charge in [0.15, 0.2) is 5.60 Å². The molecule has 1 spiro atoms. The van der Waals surface area contributed by atoms with Crippen LogP contribution in [0.5, 0.6) is 5.75 Å². The fourth-order valence-electron chi connectivity index (χ4n) is 8.77. The van der Waals surface area contributed by atoms with Crippen molar-refractivity contribution < 1.29 is 24.2 Å². The van der Waals surface area contributed by atoms with Gasteiger partial charge in [0.1, 0.15) is 5.75 Å².